The summed E-state index contributed by atoms with van der Waals surface area (Å²) in [5.74, 6) is -1.25. The van der Waals surface area contributed by atoms with Crippen molar-refractivity contribution in [1.29, 1.82) is 5.26 Å². The molecule has 1 aromatic rings. The van der Waals surface area contributed by atoms with Crippen LogP contribution in [-0.4, -0.2) is 17.0 Å². The van der Waals surface area contributed by atoms with E-state index in [-0.39, 0.29) is 17.7 Å². The largest absolute Gasteiger partial charge is 0.481 e. The first-order chi connectivity index (χ1) is 8.02. The molecule has 1 aromatic carbocycles. The summed E-state index contributed by atoms with van der Waals surface area (Å²) in [7, 11) is 0. The van der Waals surface area contributed by atoms with Crippen molar-refractivity contribution in [3.05, 3.63) is 29.3 Å². The molecule has 0 bridgehead atoms. The minimum absolute atomic E-state index is 0.00852. The molecule has 0 amide bonds. The van der Waals surface area contributed by atoms with E-state index in [1.807, 2.05) is 6.07 Å². The molecule has 0 fully saturated rings. The molecular weight excluding hydrogens is 222 g/mol. The summed E-state index contributed by atoms with van der Waals surface area (Å²) in [6, 6.07) is 6.57. The normalized spacial score (nSPS) is 9.41. The van der Waals surface area contributed by atoms with Crippen molar-refractivity contribution >= 4 is 11.9 Å². The molecule has 0 aliphatic heterocycles. The van der Waals surface area contributed by atoms with Gasteiger partial charge in [-0.1, -0.05) is 6.07 Å². The zero-order valence-electron chi connectivity index (χ0n) is 9.27. The fourth-order valence-corrected chi connectivity index (χ4v) is 1.31. The van der Waals surface area contributed by atoms with Gasteiger partial charge in [-0.3, -0.25) is 9.59 Å². The third-order valence-corrected chi connectivity index (χ3v) is 2.05. The number of nitrogens with zero attached hydrogens (tertiary/aromatic N) is 1. The molecule has 0 aliphatic rings. The second kappa shape index (κ2) is 5.66. The third kappa shape index (κ3) is 3.95. The van der Waals surface area contributed by atoms with Gasteiger partial charge in [0.1, 0.15) is 11.8 Å². The quantitative estimate of drug-likeness (QED) is 0.629. The standard InChI is InChI=1S/C12H11NO4/c1-8(14)17-11-6-9(3-5-12(15)16)2-4-10(11)7-13/h2,4,6H,3,5H2,1H3,(H,15,16). The number of ether oxygens (including phenoxy) is 1. The highest BCUT2D eigenvalue weighted by atomic mass is 16.5. The van der Waals surface area contributed by atoms with E-state index in [9.17, 15) is 9.59 Å². The van der Waals surface area contributed by atoms with E-state index in [4.69, 9.17) is 15.1 Å². The maximum absolute atomic E-state index is 10.8. The number of esters is 1. The number of carbonyl (C=O) groups is 2. The summed E-state index contributed by atoms with van der Waals surface area (Å²) >= 11 is 0. The Hall–Kier alpha value is -2.35. The van der Waals surface area contributed by atoms with Crippen LogP contribution in [0.4, 0.5) is 0 Å². The molecule has 88 valence electrons. The molecule has 0 aliphatic carbocycles. The number of nitriles is 1. The van der Waals surface area contributed by atoms with Gasteiger partial charge < -0.3 is 9.84 Å². The topological polar surface area (TPSA) is 87.4 Å². The number of rotatable bonds is 4. The van der Waals surface area contributed by atoms with Crippen LogP contribution in [0, 0.1) is 11.3 Å². The Labute approximate surface area is 98.2 Å². The molecule has 17 heavy (non-hydrogen) atoms. The van der Waals surface area contributed by atoms with Crippen LogP contribution >= 0.6 is 0 Å². The van der Waals surface area contributed by atoms with E-state index in [1.54, 1.807) is 6.07 Å². The van der Waals surface area contributed by atoms with Gasteiger partial charge in [-0.2, -0.15) is 5.26 Å². The van der Waals surface area contributed by atoms with Crippen LogP contribution in [0.5, 0.6) is 5.75 Å². The summed E-state index contributed by atoms with van der Waals surface area (Å²) in [6.45, 7) is 1.24. The number of carboxylic acids is 1. The predicted molar refractivity (Wildman–Crippen MR) is 58.4 cm³/mol. The van der Waals surface area contributed by atoms with Crippen molar-refractivity contribution in [1.82, 2.24) is 0 Å². The average molecular weight is 233 g/mol. The number of aryl methyl sites for hydroxylation is 1. The second-order valence-electron chi connectivity index (χ2n) is 3.43. The molecule has 0 saturated carbocycles. The van der Waals surface area contributed by atoms with Crippen molar-refractivity contribution in [2.75, 3.05) is 0 Å². The molecule has 0 unspecified atom stereocenters. The molecule has 1 rings (SSSR count). The molecule has 0 radical (unpaired) electrons. The highest BCUT2D eigenvalue weighted by Crippen LogP contribution is 2.20. The van der Waals surface area contributed by atoms with E-state index in [1.165, 1.54) is 19.1 Å². The van der Waals surface area contributed by atoms with Crippen molar-refractivity contribution in [3.63, 3.8) is 0 Å². The van der Waals surface area contributed by atoms with Gasteiger partial charge in [0.05, 0.1) is 5.56 Å². The zero-order valence-corrected chi connectivity index (χ0v) is 9.27. The van der Waals surface area contributed by atoms with Gasteiger partial charge in [0.25, 0.3) is 0 Å². The minimum atomic E-state index is -0.900. The van der Waals surface area contributed by atoms with E-state index in [0.717, 1.165) is 0 Å². The minimum Gasteiger partial charge on any atom is -0.481 e. The first kappa shape index (κ1) is 12.7. The fraction of sp³-hybridized carbons (Fsp3) is 0.250. The highest BCUT2D eigenvalue weighted by molar-refractivity contribution is 5.70. The maximum atomic E-state index is 10.8. The van der Waals surface area contributed by atoms with Crippen molar-refractivity contribution < 1.29 is 19.4 Å². The Morgan fingerprint density at radius 1 is 1.47 bits per heavy atom. The lowest BCUT2D eigenvalue weighted by Gasteiger charge is -2.06. The Morgan fingerprint density at radius 2 is 2.18 bits per heavy atom. The van der Waals surface area contributed by atoms with Gasteiger partial charge in [-0.05, 0) is 24.1 Å². The lowest BCUT2D eigenvalue weighted by Crippen LogP contribution is -2.04. The lowest BCUT2D eigenvalue weighted by atomic mass is 10.1. The highest BCUT2D eigenvalue weighted by Gasteiger charge is 2.08. The van der Waals surface area contributed by atoms with Crippen LogP contribution in [0.2, 0.25) is 0 Å². The van der Waals surface area contributed by atoms with Gasteiger partial charge in [0.15, 0.2) is 0 Å². The van der Waals surface area contributed by atoms with E-state index < -0.39 is 11.9 Å². The predicted octanol–water partition coefficient (Wildman–Crippen LogP) is 1.50. The van der Waals surface area contributed by atoms with Crippen LogP contribution in [0.15, 0.2) is 18.2 Å². The molecule has 0 atom stereocenters. The third-order valence-electron chi connectivity index (χ3n) is 2.05. The summed E-state index contributed by atoms with van der Waals surface area (Å²) in [5.41, 5.74) is 0.960. The summed E-state index contributed by atoms with van der Waals surface area (Å²) in [5, 5.41) is 17.4. The maximum Gasteiger partial charge on any atom is 0.308 e. The number of benzene rings is 1. The van der Waals surface area contributed by atoms with Crippen LogP contribution in [0.3, 0.4) is 0 Å². The van der Waals surface area contributed by atoms with Gasteiger partial charge >= 0.3 is 11.9 Å². The molecule has 0 heterocycles. The van der Waals surface area contributed by atoms with Gasteiger partial charge in [-0.25, -0.2) is 0 Å². The Kier molecular flexibility index (Phi) is 4.23. The van der Waals surface area contributed by atoms with Gasteiger partial charge in [-0.15, -0.1) is 0 Å². The van der Waals surface area contributed by atoms with Crippen LogP contribution in [0.25, 0.3) is 0 Å². The van der Waals surface area contributed by atoms with E-state index in [0.29, 0.717) is 12.0 Å². The Balaban J connectivity index is 2.92. The number of hydrogen-bond donors (Lipinski definition) is 1. The summed E-state index contributed by atoms with van der Waals surface area (Å²) in [6.07, 6.45) is 0.320. The molecule has 1 N–H and O–H groups in total. The van der Waals surface area contributed by atoms with Crippen LogP contribution < -0.4 is 4.74 Å². The zero-order chi connectivity index (χ0) is 12.8. The van der Waals surface area contributed by atoms with Crippen LogP contribution in [-0.2, 0) is 16.0 Å². The number of carbonyl (C=O) groups excluding carboxylic acids is 1. The Morgan fingerprint density at radius 3 is 2.71 bits per heavy atom. The molecule has 0 spiro atoms. The average Bonchev–Trinajstić information content (AvgIpc) is 2.25. The number of hydrogen-bond acceptors (Lipinski definition) is 4. The molecule has 5 nitrogen and oxygen atoms in total. The van der Waals surface area contributed by atoms with Gasteiger partial charge in [0, 0.05) is 13.3 Å². The Bertz CT molecular complexity index is 488. The second-order valence-corrected chi connectivity index (χ2v) is 3.43. The van der Waals surface area contributed by atoms with Crippen LogP contribution in [0.1, 0.15) is 24.5 Å². The van der Waals surface area contributed by atoms with E-state index >= 15 is 0 Å². The smallest absolute Gasteiger partial charge is 0.308 e. The van der Waals surface area contributed by atoms with Crippen molar-refractivity contribution in [2.24, 2.45) is 0 Å². The van der Waals surface area contributed by atoms with E-state index in [2.05, 4.69) is 0 Å². The summed E-state index contributed by atoms with van der Waals surface area (Å²) in [4.78, 5) is 21.3. The number of aliphatic carboxylic acids is 1. The monoisotopic (exact) mass is 233 g/mol. The lowest BCUT2D eigenvalue weighted by molar-refractivity contribution is -0.137. The SMILES string of the molecule is CC(=O)Oc1cc(CCC(=O)O)ccc1C#N. The number of carboxylic acid groups (broad SMARTS) is 1. The molecule has 0 aromatic heterocycles. The van der Waals surface area contributed by atoms with Crippen molar-refractivity contribution in [3.8, 4) is 11.8 Å². The van der Waals surface area contributed by atoms with Crippen molar-refractivity contribution in [2.45, 2.75) is 19.8 Å². The van der Waals surface area contributed by atoms with Gasteiger partial charge in [0.2, 0.25) is 0 Å². The fourth-order valence-electron chi connectivity index (χ4n) is 1.31. The molecule has 5 heteroatoms. The summed E-state index contributed by atoms with van der Waals surface area (Å²) < 4.78 is 4.87. The first-order valence-corrected chi connectivity index (χ1v) is 4.96. The first-order valence-electron chi connectivity index (χ1n) is 4.96. The molecular formula is C12H11NO4. The molecule has 0 saturated heterocycles.